The van der Waals surface area contributed by atoms with Crippen molar-refractivity contribution in [3.63, 3.8) is 0 Å². The van der Waals surface area contributed by atoms with Crippen molar-refractivity contribution in [2.24, 2.45) is 0 Å². The number of hydrogen-bond donors (Lipinski definition) is 2. The van der Waals surface area contributed by atoms with Gasteiger partial charge in [-0.1, -0.05) is 24.3 Å². The highest BCUT2D eigenvalue weighted by Gasteiger charge is 2.13. The largest absolute Gasteiger partial charge is 0.382 e. The summed E-state index contributed by atoms with van der Waals surface area (Å²) >= 11 is 5.39. The lowest BCUT2D eigenvalue weighted by atomic mass is 10.1. The third-order valence-corrected chi connectivity index (χ3v) is 4.40. The van der Waals surface area contributed by atoms with E-state index in [0.29, 0.717) is 5.11 Å². The van der Waals surface area contributed by atoms with E-state index in [0.717, 1.165) is 49.8 Å². The van der Waals surface area contributed by atoms with Gasteiger partial charge >= 0.3 is 0 Å². The molecule has 1 aromatic carbocycles. The van der Waals surface area contributed by atoms with Crippen LogP contribution < -0.4 is 10.6 Å². The number of aromatic nitrogens is 2. The second kappa shape index (κ2) is 9.53. The Labute approximate surface area is 155 Å². The number of anilines is 1. The number of rotatable bonds is 8. The third kappa shape index (κ3) is 5.54. The van der Waals surface area contributed by atoms with Crippen molar-refractivity contribution in [1.29, 1.82) is 0 Å². The van der Waals surface area contributed by atoms with Gasteiger partial charge < -0.3 is 15.4 Å². The van der Waals surface area contributed by atoms with Crippen LogP contribution in [0.3, 0.4) is 0 Å². The Morgan fingerprint density at radius 1 is 1.24 bits per heavy atom. The summed E-state index contributed by atoms with van der Waals surface area (Å²) in [6, 6.07) is 8.39. The van der Waals surface area contributed by atoms with Gasteiger partial charge in [0.2, 0.25) is 0 Å². The summed E-state index contributed by atoms with van der Waals surface area (Å²) in [4.78, 5) is 0. The molecule has 2 aromatic rings. The second-order valence-electron chi connectivity index (χ2n) is 6.06. The lowest BCUT2D eigenvalue weighted by molar-refractivity contribution is 0.146. The van der Waals surface area contributed by atoms with Gasteiger partial charge in [-0.05, 0) is 57.5 Å². The van der Waals surface area contributed by atoms with Crippen LogP contribution in [0.1, 0.15) is 35.9 Å². The van der Waals surface area contributed by atoms with Crippen LogP contribution in [0.4, 0.5) is 5.69 Å². The van der Waals surface area contributed by atoms with Crippen LogP contribution in [0.2, 0.25) is 0 Å². The molecule has 0 fully saturated rings. The lowest BCUT2D eigenvalue weighted by Crippen LogP contribution is -2.30. The van der Waals surface area contributed by atoms with E-state index < -0.39 is 0 Å². The first-order valence-corrected chi connectivity index (χ1v) is 9.14. The predicted molar refractivity (Wildman–Crippen MR) is 107 cm³/mol. The summed E-state index contributed by atoms with van der Waals surface area (Å²) in [7, 11) is 0. The Balaban J connectivity index is 1.97. The average Bonchev–Trinajstić information content (AvgIpc) is 2.84. The summed E-state index contributed by atoms with van der Waals surface area (Å²) in [5, 5.41) is 11.8. The molecule has 0 aliphatic rings. The Bertz CT molecular complexity index is 711. The zero-order valence-corrected chi connectivity index (χ0v) is 16.4. The molecule has 0 bridgehead atoms. The maximum Gasteiger partial charge on any atom is 0.170 e. The van der Waals surface area contributed by atoms with E-state index in [1.165, 1.54) is 11.1 Å². The molecule has 1 aromatic heterocycles. The van der Waals surface area contributed by atoms with Gasteiger partial charge in [-0.25, -0.2) is 0 Å². The van der Waals surface area contributed by atoms with Crippen molar-refractivity contribution >= 4 is 23.0 Å². The molecule has 0 spiro atoms. The lowest BCUT2D eigenvalue weighted by Gasteiger charge is -2.11. The number of nitrogens with one attached hydrogen (secondary N) is 2. The number of hydrogen-bond acceptors (Lipinski definition) is 3. The molecule has 2 rings (SSSR count). The topological polar surface area (TPSA) is 51.1 Å². The maximum atomic E-state index is 5.39. The van der Waals surface area contributed by atoms with E-state index in [-0.39, 0.29) is 0 Å². The van der Waals surface area contributed by atoms with E-state index in [9.17, 15) is 0 Å². The molecule has 1 heterocycles. The summed E-state index contributed by atoms with van der Waals surface area (Å²) in [5.41, 5.74) is 5.56. The molecule has 0 amide bonds. The number of aryl methyl sites for hydroxylation is 2. The summed E-state index contributed by atoms with van der Waals surface area (Å²) in [6.07, 6.45) is 0.931. The van der Waals surface area contributed by atoms with Crippen LogP contribution in [0, 0.1) is 20.8 Å². The van der Waals surface area contributed by atoms with Gasteiger partial charge in [-0.15, -0.1) is 0 Å². The average molecular weight is 361 g/mol. The molecule has 0 aliphatic heterocycles. The minimum absolute atomic E-state index is 0.623. The monoisotopic (exact) mass is 360 g/mol. The van der Waals surface area contributed by atoms with Gasteiger partial charge in [0, 0.05) is 19.8 Å². The Morgan fingerprint density at radius 2 is 2.00 bits per heavy atom. The Morgan fingerprint density at radius 3 is 2.72 bits per heavy atom. The highest BCUT2D eigenvalue weighted by molar-refractivity contribution is 7.80. The number of thiocarbonyl (C=S) groups is 1. The van der Waals surface area contributed by atoms with E-state index in [2.05, 4.69) is 53.8 Å². The molecule has 0 atom stereocenters. The normalized spacial score (nSPS) is 10.7. The zero-order valence-electron chi connectivity index (χ0n) is 15.6. The Hall–Kier alpha value is -1.92. The molecule has 0 aliphatic carbocycles. The van der Waals surface area contributed by atoms with Crippen molar-refractivity contribution in [3.8, 4) is 0 Å². The first kappa shape index (κ1) is 19.4. The molecule has 0 radical (unpaired) electrons. The predicted octanol–water partition coefficient (Wildman–Crippen LogP) is 3.57. The molecule has 6 heteroatoms. The fourth-order valence-electron chi connectivity index (χ4n) is 2.66. The van der Waals surface area contributed by atoms with Gasteiger partial charge in [0.1, 0.15) is 0 Å². The maximum absolute atomic E-state index is 5.39. The molecule has 0 saturated heterocycles. The SMILES string of the molecule is CCOCCCNC(=S)Nc1c(C)nn(Cc2ccccc2C)c1C. The third-order valence-electron chi connectivity index (χ3n) is 4.16. The second-order valence-corrected chi connectivity index (χ2v) is 6.47. The standard InChI is InChI=1S/C19H28N4OS/c1-5-24-12-8-11-20-19(25)21-18-15(3)22-23(16(18)4)13-17-10-7-6-9-14(17)2/h6-7,9-10H,5,8,11-13H2,1-4H3,(H2,20,21,25). The molecule has 25 heavy (non-hydrogen) atoms. The fourth-order valence-corrected chi connectivity index (χ4v) is 2.86. The van der Waals surface area contributed by atoms with Gasteiger partial charge in [0.25, 0.3) is 0 Å². The molecular weight excluding hydrogens is 332 g/mol. The Kier molecular flexibility index (Phi) is 7.40. The number of benzene rings is 1. The highest BCUT2D eigenvalue weighted by atomic mass is 32.1. The van der Waals surface area contributed by atoms with E-state index in [1.54, 1.807) is 0 Å². The minimum atomic E-state index is 0.623. The van der Waals surface area contributed by atoms with Crippen LogP contribution in [0.15, 0.2) is 24.3 Å². The quantitative estimate of drug-likeness (QED) is 0.557. The van der Waals surface area contributed by atoms with Gasteiger partial charge in [-0.2, -0.15) is 5.10 Å². The fraction of sp³-hybridized carbons (Fsp3) is 0.474. The van der Waals surface area contributed by atoms with Crippen molar-refractivity contribution < 1.29 is 4.74 Å². The molecule has 0 saturated carbocycles. The minimum Gasteiger partial charge on any atom is -0.382 e. The van der Waals surface area contributed by atoms with Crippen molar-refractivity contribution in [1.82, 2.24) is 15.1 Å². The van der Waals surface area contributed by atoms with E-state index in [1.807, 2.05) is 18.5 Å². The highest BCUT2D eigenvalue weighted by Crippen LogP contribution is 2.21. The molecule has 136 valence electrons. The molecule has 2 N–H and O–H groups in total. The van der Waals surface area contributed by atoms with Crippen LogP contribution in [0.5, 0.6) is 0 Å². The van der Waals surface area contributed by atoms with E-state index in [4.69, 9.17) is 17.0 Å². The van der Waals surface area contributed by atoms with Crippen LogP contribution in [-0.2, 0) is 11.3 Å². The van der Waals surface area contributed by atoms with Crippen molar-refractivity contribution in [2.75, 3.05) is 25.1 Å². The number of nitrogens with zero attached hydrogens (tertiary/aromatic N) is 2. The van der Waals surface area contributed by atoms with E-state index >= 15 is 0 Å². The first-order valence-electron chi connectivity index (χ1n) is 8.74. The summed E-state index contributed by atoms with van der Waals surface area (Å²) < 4.78 is 7.35. The van der Waals surface area contributed by atoms with Crippen LogP contribution in [-0.4, -0.2) is 34.7 Å². The number of ether oxygens (including phenoxy) is 1. The van der Waals surface area contributed by atoms with Crippen molar-refractivity contribution in [3.05, 3.63) is 46.8 Å². The summed E-state index contributed by atoms with van der Waals surface area (Å²) in [6.45, 7) is 11.2. The van der Waals surface area contributed by atoms with Gasteiger partial charge in [0.15, 0.2) is 5.11 Å². The smallest absolute Gasteiger partial charge is 0.170 e. The molecule has 5 nitrogen and oxygen atoms in total. The van der Waals surface area contributed by atoms with Gasteiger partial charge in [0.05, 0.1) is 23.6 Å². The first-order chi connectivity index (χ1) is 12.0. The van der Waals surface area contributed by atoms with Gasteiger partial charge in [-0.3, -0.25) is 4.68 Å². The molecule has 0 unspecified atom stereocenters. The van der Waals surface area contributed by atoms with Crippen LogP contribution >= 0.6 is 12.2 Å². The van der Waals surface area contributed by atoms with Crippen LogP contribution in [0.25, 0.3) is 0 Å². The summed E-state index contributed by atoms with van der Waals surface area (Å²) in [5.74, 6) is 0. The molecular formula is C19H28N4OS. The zero-order chi connectivity index (χ0) is 18.2. The van der Waals surface area contributed by atoms with Crippen molar-refractivity contribution in [2.45, 2.75) is 40.7 Å².